The van der Waals surface area contributed by atoms with E-state index < -0.39 is 0 Å². The summed E-state index contributed by atoms with van der Waals surface area (Å²) in [6.07, 6.45) is 1.85. The van der Waals surface area contributed by atoms with Gasteiger partial charge in [0, 0.05) is 12.6 Å². The van der Waals surface area contributed by atoms with Gasteiger partial charge in [0.1, 0.15) is 6.33 Å². The predicted octanol–water partition coefficient (Wildman–Crippen LogP) is 0.0900. The van der Waals surface area contributed by atoms with Gasteiger partial charge in [0.2, 0.25) is 5.91 Å². The largest absolute Gasteiger partial charge is 0.352 e. The van der Waals surface area contributed by atoms with Crippen LogP contribution >= 0.6 is 12.4 Å². The molecule has 0 bridgehead atoms. The van der Waals surface area contributed by atoms with Gasteiger partial charge in [-0.3, -0.25) is 4.79 Å². The molecule has 0 unspecified atom stereocenters. The van der Waals surface area contributed by atoms with Crippen molar-refractivity contribution in [2.24, 2.45) is 5.73 Å². The summed E-state index contributed by atoms with van der Waals surface area (Å²) in [7, 11) is 0. The minimum atomic E-state index is -0.0341. The summed E-state index contributed by atoms with van der Waals surface area (Å²) in [5.74, 6) is -0.0341. The highest BCUT2D eigenvalue weighted by Crippen LogP contribution is 2.08. The molecular formula is C12H17ClN6O. The first-order valence-corrected chi connectivity index (χ1v) is 6.01. The van der Waals surface area contributed by atoms with E-state index in [0.29, 0.717) is 13.0 Å². The molecule has 20 heavy (non-hydrogen) atoms. The summed E-state index contributed by atoms with van der Waals surface area (Å²) in [5, 5.41) is 13.7. The van der Waals surface area contributed by atoms with Crippen LogP contribution in [0, 0.1) is 0 Å². The fourth-order valence-corrected chi connectivity index (χ4v) is 1.62. The average Bonchev–Trinajstić information content (AvgIpc) is 2.93. The van der Waals surface area contributed by atoms with Crippen molar-refractivity contribution in [3.63, 3.8) is 0 Å². The van der Waals surface area contributed by atoms with Gasteiger partial charge < -0.3 is 11.1 Å². The molecule has 7 nitrogen and oxygen atoms in total. The van der Waals surface area contributed by atoms with Gasteiger partial charge in [-0.05, 0) is 35.0 Å². The predicted molar refractivity (Wildman–Crippen MR) is 76.8 cm³/mol. The summed E-state index contributed by atoms with van der Waals surface area (Å²) >= 11 is 0. The van der Waals surface area contributed by atoms with Gasteiger partial charge in [-0.1, -0.05) is 12.1 Å². The second-order valence-electron chi connectivity index (χ2n) is 4.30. The Kier molecular flexibility index (Phi) is 6.08. The Bertz CT molecular complexity index is 527. The Morgan fingerprint density at radius 2 is 2.10 bits per heavy atom. The molecule has 0 fully saturated rings. The van der Waals surface area contributed by atoms with Crippen molar-refractivity contribution in [3.05, 3.63) is 36.2 Å². The van der Waals surface area contributed by atoms with Gasteiger partial charge in [0.15, 0.2) is 0 Å². The number of aromatic nitrogens is 4. The van der Waals surface area contributed by atoms with Crippen LogP contribution in [-0.4, -0.2) is 38.7 Å². The Balaban J connectivity index is 0.00000200. The van der Waals surface area contributed by atoms with E-state index in [1.807, 2.05) is 31.2 Å². The van der Waals surface area contributed by atoms with Crippen molar-refractivity contribution >= 4 is 18.3 Å². The number of hydrogen-bond donors (Lipinski definition) is 2. The molecule has 2 rings (SSSR count). The van der Waals surface area contributed by atoms with E-state index in [1.54, 1.807) is 4.68 Å². The minimum Gasteiger partial charge on any atom is -0.352 e. The lowest BCUT2D eigenvalue weighted by atomic mass is 10.1. The number of rotatable bonds is 5. The highest BCUT2D eigenvalue weighted by molar-refractivity contribution is 5.85. The molecule has 0 aliphatic rings. The lowest BCUT2D eigenvalue weighted by Crippen LogP contribution is -2.38. The van der Waals surface area contributed by atoms with Crippen molar-refractivity contribution in [1.82, 2.24) is 25.5 Å². The van der Waals surface area contributed by atoms with Gasteiger partial charge in [-0.2, -0.15) is 0 Å². The summed E-state index contributed by atoms with van der Waals surface area (Å²) in [6.45, 7) is 2.31. The van der Waals surface area contributed by atoms with Gasteiger partial charge in [-0.15, -0.1) is 17.5 Å². The van der Waals surface area contributed by atoms with Crippen LogP contribution in [0.5, 0.6) is 0 Å². The monoisotopic (exact) mass is 296 g/mol. The lowest BCUT2D eigenvalue weighted by Gasteiger charge is -2.11. The Morgan fingerprint density at radius 1 is 1.40 bits per heavy atom. The van der Waals surface area contributed by atoms with Crippen molar-refractivity contribution in [2.75, 3.05) is 6.54 Å². The van der Waals surface area contributed by atoms with Gasteiger partial charge in [0.05, 0.1) is 12.1 Å². The number of halogens is 1. The summed E-state index contributed by atoms with van der Waals surface area (Å²) in [5.41, 5.74) is 7.23. The second-order valence-corrected chi connectivity index (χ2v) is 4.30. The van der Waals surface area contributed by atoms with Crippen LogP contribution in [0.1, 0.15) is 12.5 Å². The van der Waals surface area contributed by atoms with Gasteiger partial charge >= 0.3 is 0 Å². The first-order chi connectivity index (χ1) is 9.19. The minimum absolute atomic E-state index is 0. The van der Waals surface area contributed by atoms with Crippen LogP contribution in [0.4, 0.5) is 0 Å². The van der Waals surface area contributed by atoms with Crippen LogP contribution in [0.25, 0.3) is 5.69 Å². The summed E-state index contributed by atoms with van der Waals surface area (Å²) in [4.78, 5) is 11.7. The van der Waals surface area contributed by atoms with E-state index in [1.165, 1.54) is 6.33 Å². The number of nitrogens with zero attached hydrogens (tertiary/aromatic N) is 4. The molecule has 2 aromatic rings. The molecule has 0 aliphatic carbocycles. The van der Waals surface area contributed by atoms with Crippen LogP contribution in [-0.2, 0) is 11.2 Å². The van der Waals surface area contributed by atoms with Crippen LogP contribution < -0.4 is 11.1 Å². The standard InChI is InChI=1S/C12H16N6O.ClH/c1-9(7-13)15-12(19)6-10-2-4-11(5-3-10)18-8-14-16-17-18;/h2-5,8-9H,6-7,13H2,1H3,(H,15,19);1H/t9-;/m0./s1. The van der Waals surface area contributed by atoms with E-state index in [2.05, 4.69) is 20.8 Å². The fraction of sp³-hybridized carbons (Fsp3) is 0.333. The first kappa shape index (κ1) is 16.1. The van der Waals surface area contributed by atoms with Crippen LogP contribution in [0.3, 0.4) is 0 Å². The quantitative estimate of drug-likeness (QED) is 0.815. The van der Waals surface area contributed by atoms with Crippen LogP contribution in [0.2, 0.25) is 0 Å². The van der Waals surface area contributed by atoms with E-state index in [9.17, 15) is 4.79 Å². The number of nitrogens with one attached hydrogen (secondary N) is 1. The molecule has 1 aromatic carbocycles. The third-order valence-corrected chi connectivity index (χ3v) is 2.68. The van der Waals surface area contributed by atoms with Crippen molar-refractivity contribution in [1.29, 1.82) is 0 Å². The molecule has 108 valence electrons. The highest BCUT2D eigenvalue weighted by atomic mass is 35.5. The molecule has 3 N–H and O–H groups in total. The Hall–Kier alpha value is -1.99. The molecule has 1 atom stereocenters. The van der Waals surface area contributed by atoms with Crippen molar-refractivity contribution in [2.45, 2.75) is 19.4 Å². The van der Waals surface area contributed by atoms with Crippen LogP contribution in [0.15, 0.2) is 30.6 Å². The van der Waals surface area contributed by atoms with Crippen molar-refractivity contribution < 1.29 is 4.79 Å². The molecule has 1 heterocycles. The summed E-state index contributed by atoms with van der Waals surface area (Å²) in [6, 6.07) is 7.48. The summed E-state index contributed by atoms with van der Waals surface area (Å²) < 4.78 is 1.56. The number of carbonyl (C=O) groups excluding carboxylic acids is 1. The SMILES string of the molecule is C[C@@H](CN)NC(=O)Cc1ccc(-n2cnnn2)cc1.Cl. The zero-order valence-corrected chi connectivity index (χ0v) is 11.9. The molecule has 1 aromatic heterocycles. The smallest absolute Gasteiger partial charge is 0.224 e. The lowest BCUT2D eigenvalue weighted by molar-refractivity contribution is -0.120. The maximum absolute atomic E-state index is 11.7. The molecule has 0 saturated carbocycles. The number of tetrazole rings is 1. The molecule has 0 spiro atoms. The zero-order valence-electron chi connectivity index (χ0n) is 11.1. The number of carbonyl (C=O) groups is 1. The van der Waals surface area contributed by atoms with E-state index >= 15 is 0 Å². The van der Waals surface area contributed by atoms with Gasteiger partial charge in [0.25, 0.3) is 0 Å². The zero-order chi connectivity index (χ0) is 13.7. The third-order valence-electron chi connectivity index (χ3n) is 2.68. The number of amides is 1. The average molecular weight is 297 g/mol. The Labute approximate surface area is 123 Å². The first-order valence-electron chi connectivity index (χ1n) is 6.01. The van der Waals surface area contributed by atoms with E-state index in [4.69, 9.17) is 5.73 Å². The topological polar surface area (TPSA) is 98.7 Å². The molecule has 8 heteroatoms. The maximum Gasteiger partial charge on any atom is 0.224 e. The molecule has 1 amide bonds. The Morgan fingerprint density at radius 3 is 2.65 bits per heavy atom. The van der Waals surface area contributed by atoms with Crippen molar-refractivity contribution in [3.8, 4) is 5.69 Å². The van der Waals surface area contributed by atoms with E-state index in [0.717, 1.165) is 11.3 Å². The molecular weight excluding hydrogens is 280 g/mol. The number of hydrogen-bond acceptors (Lipinski definition) is 5. The molecule has 0 aliphatic heterocycles. The fourth-order valence-electron chi connectivity index (χ4n) is 1.62. The van der Waals surface area contributed by atoms with Gasteiger partial charge in [-0.25, -0.2) is 4.68 Å². The number of nitrogens with two attached hydrogens (primary N) is 1. The second kappa shape index (κ2) is 7.56. The third kappa shape index (κ3) is 4.29. The maximum atomic E-state index is 11.7. The highest BCUT2D eigenvalue weighted by Gasteiger charge is 2.07. The normalized spacial score (nSPS) is 11.5. The molecule has 0 saturated heterocycles. The van der Waals surface area contributed by atoms with E-state index in [-0.39, 0.29) is 24.4 Å². The number of benzene rings is 1. The molecule has 0 radical (unpaired) electrons.